The summed E-state index contributed by atoms with van der Waals surface area (Å²) in [7, 11) is 0. The molecule has 0 fully saturated rings. The SMILES string of the molecule is O=c1[nH]c2cc(NCc3ccc(Cl)c(Br)c3)ccc2o1. The average molecular weight is 354 g/mol. The Kier molecular flexibility index (Phi) is 3.54. The topological polar surface area (TPSA) is 58.0 Å². The van der Waals surface area contributed by atoms with Gasteiger partial charge in [-0.05, 0) is 51.8 Å². The van der Waals surface area contributed by atoms with Crippen LogP contribution in [0.15, 0.2) is 50.1 Å². The molecule has 2 aromatic carbocycles. The van der Waals surface area contributed by atoms with Gasteiger partial charge in [-0.15, -0.1) is 0 Å². The van der Waals surface area contributed by atoms with Crippen molar-refractivity contribution in [2.45, 2.75) is 6.54 Å². The number of fused-ring (bicyclic) bond motifs is 1. The third-order valence-electron chi connectivity index (χ3n) is 2.90. The molecule has 102 valence electrons. The van der Waals surface area contributed by atoms with Crippen LogP contribution in [0, 0.1) is 0 Å². The van der Waals surface area contributed by atoms with Gasteiger partial charge in [-0.25, -0.2) is 4.79 Å². The van der Waals surface area contributed by atoms with Gasteiger partial charge in [0.05, 0.1) is 10.5 Å². The normalized spacial score (nSPS) is 10.9. The number of rotatable bonds is 3. The van der Waals surface area contributed by atoms with E-state index in [1.165, 1.54) is 0 Å². The number of hydrogen-bond donors (Lipinski definition) is 2. The van der Waals surface area contributed by atoms with Gasteiger partial charge >= 0.3 is 5.76 Å². The van der Waals surface area contributed by atoms with E-state index in [9.17, 15) is 4.79 Å². The van der Waals surface area contributed by atoms with Crippen molar-refractivity contribution in [3.63, 3.8) is 0 Å². The maximum absolute atomic E-state index is 11.1. The molecule has 3 rings (SSSR count). The Morgan fingerprint density at radius 2 is 2.10 bits per heavy atom. The highest BCUT2D eigenvalue weighted by atomic mass is 79.9. The first kappa shape index (κ1) is 13.3. The fraction of sp³-hybridized carbons (Fsp3) is 0.0714. The van der Waals surface area contributed by atoms with Crippen LogP contribution in [-0.2, 0) is 6.54 Å². The van der Waals surface area contributed by atoms with Crippen molar-refractivity contribution >= 4 is 44.3 Å². The third-order valence-corrected chi connectivity index (χ3v) is 4.11. The molecule has 0 atom stereocenters. The second kappa shape index (κ2) is 5.34. The molecule has 0 amide bonds. The molecule has 2 N–H and O–H groups in total. The maximum atomic E-state index is 11.1. The number of aromatic nitrogens is 1. The zero-order valence-electron chi connectivity index (χ0n) is 10.2. The number of anilines is 1. The number of aromatic amines is 1. The van der Waals surface area contributed by atoms with Crippen LogP contribution in [0.3, 0.4) is 0 Å². The van der Waals surface area contributed by atoms with E-state index in [4.69, 9.17) is 16.0 Å². The van der Waals surface area contributed by atoms with Crippen LogP contribution in [0.2, 0.25) is 5.02 Å². The summed E-state index contributed by atoms with van der Waals surface area (Å²) < 4.78 is 5.82. The molecule has 1 heterocycles. The Morgan fingerprint density at radius 1 is 1.25 bits per heavy atom. The van der Waals surface area contributed by atoms with Gasteiger partial charge < -0.3 is 9.73 Å². The monoisotopic (exact) mass is 352 g/mol. The minimum absolute atomic E-state index is 0.446. The molecule has 0 bridgehead atoms. The average Bonchev–Trinajstić information content (AvgIpc) is 2.79. The Labute approximate surface area is 127 Å². The highest BCUT2D eigenvalue weighted by Gasteiger charge is 2.03. The smallest absolute Gasteiger partial charge is 0.408 e. The molecule has 6 heteroatoms. The van der Waals surface area contributed by atoms with Crippen LogP contribution in [0.5, 0.6) is 0 Å². The van der Waals surface area contributed by atoms with Crippen LogP contribution >= 0.6 is 27.5 Å². The molecule has 0 spiro atoms. The van der Waals surface area contributed by atoms with Crippen molar-refractivity contribution in [2.24, 2.45) is 0 Å². The van der Waals surface area contributed by atoms with Gasteiger partial charge in [0, 0.05) is 16.7 Å². The van der Waals surface area contributed by atoms with Crippen LogP contribution in [0.25, 0.3) is 11.1 Å². The first-order valence-electron chi connectivity index (χ1n) is 5.92. The second-order valence-electron chi connectivity index (χ2n) is 4.33. The van der Waals surface area contributed by atoms with Crippen molar-refractivity contribution in [3.05, 3.63) is 62.0 Å². The number of hydrogen-bond acceptors (Lipinski definition) is 3. The minimum atomic E-state index is -0.446. The Hall–Kier alpha value is -1.72. The number of nitrogens with one attached hydrogen (secondary N) is 2. The first-order chi connectivity index (χ1) is 9.61. The third kappa shape index (κ3) is 2.73. The van der Waals surface area contributed by atoms with E-state index in [0.29, 0.717) is 22.7 Å². The van der Waals surface area contributed by atoms with E-state index in [-0.39, 0.29) is 0 Å². The summed E-state index contributed by atoms with van der Waals surface area (Å²) in [6, 6.07) is 11.2. The number of halogens is 2. The molecule has 4 nitrogen and oxygen atoms in total. The largest absolute Gasteiger partial charge is 0.417 e. The molecule has 3 aromatic rings. The Bertz CT molecular complexity index is 825. The molecular weight excluding hydrogens is 344 g/mol. The number of benzene rings is 2. The zero-order chi connectivity index (χ0) is 14.1. The molecule has 0 aliphatic rings. The highest BCUT2D eigenvalue weighted by molar-refractivity contribution is 9.10. The zero-order valence-corrected chi connectivity index (χ0v) is 12.6. The van der Waals surface area contributed by atoms with Crippen molar-refractivity contribution < 1.29 is 4.42 Å². The maximum Gasteiger partial charge on any atom is 0.417 e. The van der Waals surface area contributed by atoms with E-state index >= 15 is 0 Å². The van der Waals surface area contributed by atoms with Gasteiger partial charge in [0.25, 0.3) is 0 Å². The second-order valence-corrected chi connectivity index (χ2v) is 5.59. The predicted molar refractivity (Wildman–Crippen MR) is 83.3 cm³/mol. The van der Waals surface area contributed by atoms with Crippen LogP contribution in [0.4, 0.5) is 5.69 Å². The number of H-pyrrole nitrogens is 1. The Morgan fingerprint density at radius 3 is 2.90 bits per heavy atom. The van der Waals surface area contributed by atoms with E-state index in [2.05, 4.69) is 26.2 Å². The first-order valence-corrected chi connectivity index (χ1v) is 7.09. The van der Waals surface area contributed by atoms with Gasteiger partial charge in [0.1, 0.15) is 0 Å². The molecule has 1 aromatic heterocycles. The van der Waals surface area contributed by atoms with Crippen LogP contribution < -0.4 is 11.1 Å². The molecule has 20 heavy (non-hydrogen) atoms. The summed E-state index contributed by atoms with van der Waals surface area (Å²) in [4.78, 5) is 13.7. The van der Waals surface area contributed by atoms with E-state index in [0.717, 1.165) is 15.7 Å². The molecule has 0 unspecified atom stereocenters. The van der Waals surface area contributed by atoms with Gasteiger partial charge in [-0.2, -0.15) is 0 Å². The summed E-state index contributed by atoms with van der Waals surface area (Å²) >= 11 is 9.35. The molecule has 0 radical (unpaired) electrons. The van der Waals surface area contributed by atoms with Crippen LogP contribution in [0.1, 0.15) is 5.56 Å². The summed E-state index contributed by atoms with van der Waals surface area (Å²) in [5.41, 5.74) is 3.23. The van der Waals surface area contributed by atoms with Crippen molar-refractivity contribution in [3.8, 4) is 0 Å². The summed E-state index contributed by atoms with van der Waals surface area (Å²) in [6.07, 6.45) is 0. The Balaban J connectivity index is 1.78. The quantitative estimate of drug-likeness (QED) is 0.743. The van der Waals surface area contributed by atoms with E-state index < -0.39 is 5.76 Å². The molecule has 0 saturated carbocycles. The van der Waals surface area contributed by atoms with Gasteiger partial charge in [0.2, 0.25) is 0 Å². The standard InChI is InChI=1S/C14H10BrClN2O2/c15-10-5-8(1-3-11(10)16)7-17-9-2-4-13-12(6-9)18-14(19)20-13/h1-6,17H,7H2,(H,18,19). The summed E-state index contributed by atoms with van der Waals surface area (Å²) in [5.74, 6) is -0.446. The fourth-order valence-corrected chi connectivity index (χ4v) is 2.46. The summed E-state index contributed by atoms with van der Waals surface area (Å²) in [5, 5.41) is 3.97. The summed E-state index contributed by atoms with van der Waals surface area (Å²) in [6.45, 7) is 0.656. The highest BCUT2D eigenvalue weighted by Crippen LogP contribution is 2.24. The lowest BCUT2D eigenvalue weighted by molar-refractivity contribution is 0.555. The fourth-order valence-electron chi connectivity index (χ4n) is 1.92. The molecule has 0 saturated heterocycles. The van der Waals surface area contributed by atoms with Gasteiger partial charge in [0.15, 0.2) is 5.58 Å². The van der Waals surface area contributed by atoms with E-state index in [1.807, 2.05) is 30.3 Å². The lowest BCUT2D eigenvalue weighted by atomic mass is 10.2. The number of oxazole rings is 1. The lowest BCUT2D eigenvalue weighted by Gasteiger charge is -2.07. The minimum Gasteiger partial charge on any atom is -0.408 e. The van der Waals surface area contributed by atoms with E-state index in [1.54, 1.807) is 6.07 Å². The van der Waals surface area contributed by atoms with Gasteiger partial charge in [-0.1, -0.05) is 17.7 Å². The lowest BCUT2D eigenvalue weighted by Crippen LogP contribution is -1.99. The molecular formula is C14H10BrClN2O2. The van der Waals surface area contributed by atoms with Crippen molar-refractivity contribution in [1.82, 2.24) is 4.98 Å². The molecule has 0 aliphatic heterocycles. The van der Waals surface area contributed by atoms with Crippen LogP contribution in [-0.4, -0.2) is 4.98 Å². The van der Waals surface area contributed by atoms with Gasteiger partial charge in [-0.3, -0.25) is 4.98 Å². The molecule has 0 aliphatic carbocycles. The van der Waals surface area contributed by atoms with Crippen molar-refractivity contribution in [1.29, 1.82) is 0 Å². The van der Waals surface area contributed by atoms with Crippen molar-refractivity contribution in [2.75, 3.05) is 5.32 Å². The predicted octanol–water partition coefficient (Wildman–Crippen LogP) is 4.15.